The van der Waals surface area contributed by atoms with E-state index < -0.39 is 0 Å². The lowest BCUT2D eigenvalue weighted by molar-refractivity contribution is -0.120. The number of hydrogen-bond acceptors (Lipinski definition) is 2. The van der Waals surface area contributed by atoms with Crippen molar-refractivity contribution in [2.75, 3.05) is 0 Å². The van der Waals surface area contributed by atoms with Crippen LogP contribution in [0.15, 0.2) is 12.7 Å². The third-order valence-corrected chi connectivity index (χ3v) is 2.18. The zero-order valence-corrected chi connectivity index (χ0v) is 8.59. The highest BCUT2D eigenvalue weighted by molar-refractivity contribution is 5.83. The third-order valence-electron chi connectivity index (χ3n) is 2.18. The quantitative estimate of drug-likeness (QED) is 0.464. The first kappa shape index (κ1) is 12.4. The van der Waals surface area contributed by atoms with E-state index >= 15 is 0 Å². The minimum Gasteiger partial charge on any atom is -0.322 e. The fourth-order valence-corrected chi connectivity index (χ4v) is 1.18. The van der Waals surface area contributed by atoms with Crippen LogP contribution in [0.4, 0.5) is 0 Å². The molecule has 0 saturated carbocycles. The van der Waals surface area contributed by atoms with E-state index in [0.717, 1.165) is 32.1 Å². The summed E-state index contributed by atoms with van der Waals surface area (Å²) in [5.41, 5.74) is 5.59. The molecule has 0 fully saturated rings. The predicted molar refractivity (Wildman–Crippen MR) is 56.6 cm³/mol. The number of hydrogen-bond donors (Lipinski definition) is 1. The van der Waals surface area contributed by atoms with Crippen LogP contribution in [-0.4, -0.2) is 11.8 Å². The molecule has 76 valence electrons. The smallest absolute Gasteiger partial charge is 0.149 e. The van der Waals surface area contributed by atoms with E-state index in [1.54, 1.807) is 0 Å². The molecular weight excluding hydrogens is 162 g/mol. The van der Waals surface area contributed by atoms with Gasteiger partial charge in [-0.05, 0) is 25.7 Å². The summed E-state index contributed by atoms with van der Waals surface area (Å²) in [5.74, 6) is 0.209. The lowest BCUT2D eigenvalue weighted by atomic mass is 10.0. The van der Waals surface area contributed by atoms with Crippen LogP contribution in [0.1, 0.15) is 45.4 Å². The Hall–Kier alpha value is -0.630. The monoisotopic (exact) mass is 183 g/mol. The molecule has 0 saturated heterocycles. The molecule has 0 aliphatic carbocycles. The van der Waals surface area contributed by atoms with Gasteiger partial charge in [-0.1, -0.05) is 19.4 Å². The normalized spacial score (nSPS) is 12.5. The van der Waals surface area contributed by atoms with Crippen LogP contribution >= 0.6 is 0 Å². The van der Waals surface area contributed by atoms with E-state index in [1.165, 1.54) is 0 Å². The highest BCUT2D eigenvalue weighted by Gasteiger charge is 2.09. The van der Waals surface area contributed by atoms with Crippen molar-refractivity contribution in [2.24, 2.45) is 5.73 Å². The Morgan fingerprint density at radius 1 is 1.46 bits per heavy atom. The molecule has 0 aromatic carbocycles. The molecule has 0 bridgehead atoms. The van der Waals surface area contributed by atoms with Crippen LogP contribution in [0.25, 0.3) is 0 Å². The van der Waals surface area contributed by atoms with Crippen molar-refractivity contribution in [3.63, 3.8) is 0 Å². The Kier molecular flexibility index (Phi) is 7.60. The van der Waals surface area contributed by atoms with Crippen molar-refractivity contribution in [1.29, 1.82) is 0 Å². The zero-order valence-electron chi connectivity index (χ0n) is 8.59. The number of unbranched alkanes of at least 4 members (excludes halogenated alkanes) is 3. The first-order chi connectivity index (χ1) is 6.22. The summed E-state index contributed by atoms with van der Waals surface area (Å²) >= 11 is 0. The summed E-state index contributed by atoms with van der Waals surface area (Å²) in [6, 6.07) is -0.237. The molecular formula is C11H21NO. The average molecular weight is 183 g/mol. The van der Waals surface area contributed by atoms with Crippen LogP contribution in [0.5, 0.6) is 0 Å². The van der Waals surface area contributed by atoms with Crippen LogP contribution < -0.4 is 5.73 Å². The van der Waals surface area contributed by atoms with Crippen molar-refractivity contribution in [3.8, 4) is 0 Å². The second kappa shape index (κ2) is 7.99. The minimum atomic E-state index is -0.237. The topological polar surface area (TPSA) is 43.1 Å². The van der Waals surface area contributed by atoms with Crippen LogP contribution in [0, 0.1) is 0 Å². The molecule has 0 rings (SSSR count). The lowest BCUT2D eigenvalue weighted by Crippen LogP contribution is -2.29. The molecule has 0 aliphatic heterocycles. The number of ketones is 1. The molecule has 0 amide bonds. The number of nitrogens with two attached hydrogens (primary N) is 1. The van der Waals surface area contributed by atoms with Crippen molar-refractivity contribution in [2.45, 2.75) is 51.5 Å². The van der Waals surface area contributed by atoms with Gasteiger partial charge in [-0.2, -0.15) is 0 Å². The fourth-order valence-electron chi connectivity index (χ4n) is 1.18. The summed E-state index contributed by atoms with van der Waals surface area (Å²) in [6.45, 7) is 5.59. The third kappa shape index (κ3) is 6.52. The molecule has 1 unspecified atom stereocenters. The molecule has 0 aromatic rings. The van der Waals surface area contributed by atoms with Gasteiger partial charge in [0.2, 0.25) is 0 Å². The Balaban J connectivity index is 3.31. The number of carbonyl (C=O) groups is 1. The summed E-state index contributed by atoms with van der Waals surface area (Å²) in [6.07, 6.45) is 7.58. The summed E-state index contributed by atoms with van der Waals surface area (Å²) < 4.78 is 0. The van der Waals surface area contributed by atoms with Crippen LogP contribution in [0.2, 0.25) is 0 Å². The van der Waals surface area contributed by atoms with Gasteiger partial charge in [-0.15, -0.1) is 6.58 Å². The second-order valence-electron chi connectivity index (χ2n) is 3.37. The molecule has 13 heavy (non-hydrogen) atoms. The highest BCUT2D eigenvalue weighted by atomic mass is 16.1. The van der Waals surface area contributed by atoms with Crippen LogP contribution in [-0.2, 0) is 4.79 Å². The predicted octanol–water partition coefficient (Wildman–Crippen LogP) is 2.43. The molecule has 2 heteroatoms. The maximum atomic E-state index is 11.3. The molecule has 0 aromatic heterocycles. The Morgan fingerprint density at radius 2 is 2.15 bits per heavy atom. The first-order valence-electron chi connectivity index (χ1n) is 5.11. The van der Waals surface area contributed by atoms with E-state index in [1.807, 2.05) is 13.0 Å². The van der Waals surface area contributed by atoms with Gasteiger partial charge in [0.25, 0.3) is 0 Å². The van der Waals surface area contributed by atoms with Gasteiger partial charge < -0.3 is 5.73 Å². The number of carbonyl (C=O) groups excluding carboxylic acids is 1. The van der Waals surface area contributed by atoms with E-state index in [4.69, 9.17) is 5.73 Å². The molecule has 1 atom stereocenters. The maximum Gasteiger partial charge on any atom is 0.149 e. The largest absolute Gasteiger partial charge is 0.322 e. The molecule has 0 spiro atoms. The standard InChI is InChI=1S/C11H21NO/c1-3-5-6-7-8-9-11(13)10(12)4-2/h3,10H,1,4-9,12H2,2H3. The maximum absolute atomic E-state index is 11.3. The van der Waals surface area contributed by atoms with Gasteiger partial charge in [-0.3, -0.25) is 4.79 Å². The van der Waals surface area contributed by atoms with E-state index in [0.29, 0.717) is 6.42 Å². The van der Waals surface area contributed by atoms with E-state index in [-0.39, 0.29) is 11.8 Å². The Labute approximate surface area is 81.2 Å². The van der Waals surface area contributed by atoms with Gasteiger partial charge in [-0.25, -0.2) is 0 Å². The van der Waals surface area contributed by atoms with Crippen molar-refractivity contribution >= 4 is 5.78 Å². The summed E-state index contributed by atoms with van der Waals surface area (Å²) in [4.78, 5) is 11.3. The Morgan fingerprint density at radius 3 is 2.69 bits per heavy atom. The molecule has 0 heterocycles. The summed E-state index contributed by atoms with van der Waals surface area (Å²) in [7, 11) is 0. The molecule has 0 aliphatic rings. The van der Waals surface area contributed by atoms with Crippen molar-refractivity contribution < 1.29 is 4.79 Å². The minimum absolute atomic E-state index is 0.209. The van der Waals surface area contributed by atoms with E-state index in [9.17, 15) is 4.79 Å². The zero-order chi connectivity index (χ0) is 10.1. The SMILES string of the molecule is C=CCCCCCC(=O)C(N)CC. The highest BCUT2D eigenvalue weighted by Crippen LogP contribution is 2.05. The first-order valence-corrected chi connectivity index (χ1v) is 5.11. The van der Waals surface area contributed by atoms with Gasteiger partial charge >= 0.3 is 0 Å². The van der Waals surface area contributed by atoms with Gasteiger partial charge in [0.05, 0.1) is 6.04 Å². The van der Waals surface area contributed by atoms with Crippen LogP contribution in [0.3, 0.4) is 0 Å². The van der Waals surface area contributed by atoms with Crippen molar-refractivity contribution in [3.05, 3.63) is 12.7 Å². The van der Waals surface area contributed by atoms with Gasteiger partial charge in [0.1, 0.15) is 5.78 Å². The second-order valence-corrected chi connectivity index (χ2v) is 3.37. The molecule has 2 nitrogen and oxygen atoms in total. The summed E-state index contributed by atoms with van der Waals surface area (Å²) in [5, 5.41) is 0. The lowest BCUT2D eigenvalue weighted by Gasteiger charge is -2.06. The number of allylic oxidation sites excluding steroid dienone is 1. The van der Waals surface area contributed by atoms with Gasteiger partial charge in [0.15, 0.2) is 0 Å². The molecule has 0 radical (unpaired) electrons. The van der Waals surface area contributed by atoms with Gasteiger partial charge in [0, 0.05) is 6.42 Å². The molecule has 2 N–H and O–H groups in total. The number of Topliss-reactive ketones (excluding diaryl/α,β-unsaturated/α-hetero) is 1. The van der Waals surface area contributed by atoms with E-state index in [2.05, 4.69) is 6.58 Å². The number of rotatable bonds is 8. The fraction of sp³-hybridized carbons (Fsp3) is 0.727. The van der Waals surface area contributed by atoms with Crippen molar-refractivity contribution in [1.82, 2.24) is 0 Å². The average Bonchev–Trinajstić information content (AvgIpc) is 2.16. The Bertz CT molecular complexity index is 154.